The van der Waals surface area contributed by atoms with Gasteiger partial charge >= 0.3 is 6.18 Å². The molecule has 3 N–H and O–H groups in total. The van der Waals surface area contributed by atoms with E-state index in [4.69, 9.17) is 15.3 Å². The van der Waals surface area contributed by atoms with Crippen molar-refractivity contribution in [2.45, 2.75) is 12.8 Å². The third-order valence-corrected chi connectivity index (χ3v) is 1.71. The van der Waals surface area contributed by atoms with Gasteiger partial charge in [-0.05, 0) is 6.07 Å². The normalized spacial score (nSPS) is 11.7. The molecule has 0 amide bonds. The molecule has 0 aromatic heterocycles. The van der Waals surface area contributed by atoms with Crippen molar-refractivity contribution >= 4 is 0 Å². The van der Waals surface area contributed by atoms with Crippen LogP contribution in [0.5, 0.6) is 11.5 Å². The fraction of sp³-hybridized carbons (Fsp3) is 0.250. The van der Waals surface area contributed by atoms with Crippen molar-refractivity contribution in [3.05, 3.63) is 23.3 Å². The van der Waals surface area contributed by atoms with Gasteiger partial charge in [0.2, 0.25) is 0 Å². The van der Waals surface area contributed by atoms with Gasteiger partial charge in [-0.25, -0.2) is 0 Å². The van der Waals surface area contributed by atoms with E-state index >= 15 is 0 Å². The van der Waals surface area contributed by atoms with Gasteiger partial charge in [-0.3, -0.25) is 0 Å². The first-order valence-electron chi connectivity index (χ1n) is 3.59. The number of alkyl halides is 3. The first-order chi connectivity index (χ1) is 6.38. The summed E-state index contributed by atoms with van der Waals surface area (Å²) in [6.07, 6.45) is -4.73. The summed E-state index contributed by atoms with van der Waals surface area (Å²) in [6.45, 7) is -0.641. The highest BCUT2D eigenvalue weighted by Gasteiger charge is 2.35. The van der Waals surface area contributed by atoms with E-state index in [2.05, 4.69) is 0 Å². The van der Waals surface area contributed by atoms with E-state index in [1.807, 2.05) is 0 Å². The molecular formula is C8H7F3O3. The molecule has 0 heterocycles. The summed E-state index contributed by atoms with van der Waals surface area (Å²) < 4.78 is 36.4. The molecule has 1 rings (SSSR count). The van der Waals surface area contributed by atoms with Crippen LogP contribution in [0, 0.1) is 0 Å². The number of halogens is 3. The molecule has 3 nitrogen and oxygen atoms in total. The highest BCUT2D eigenvalue weighted by molar-refractivity contribution is 5.50. The maximum atomic E-state index is 12.1. The molecule has 0 saturated carbocycles. The van der Waals surface area contributed by atoms with E-state index in [0.29, 0.717) is 6.07 Å². The standard InChI is InChI=1S/C8H7F3O3/c9-8(10,11)5-2-1-4(3-12)6(13)7(5)14/h1-2,12-14H,3H2. The molecule has 0 fully saturated rings. The van der Waals surface area contributed by atoms with Crippen molar-refractivity contribution in [3.8, 4) is 11.5 Å². The molecular weight excluding hydrogens is 201 g/mol. The first-order valence-corrected chi connectivity index (χ1v) is 3.59. The Hall–Kier alpha value is -1.43. The lowest BCUT2D eigenvalue weighted by Gasteiger charge is -2.11. The van der Waals surface area contributed by atoms with E-state index in [0.717, 1.165) is 6.07 Å². The zero-order valence-electron chi connectivity index (χ0n) is 6.84. The molecule has 0 atom stereocenters. The highest BCUT2D eigenvalue weighted by atomic mass is 19.4. The Labute approximate surface area is 77.0 Å². The van der Waals surface area contributed by atoms with Gasteiger partial charge in [-0.1, -0.05) is 6.07 Å². The second-order valence-electron chi connectivity index (χ2n) is 2.63. The van der Waals surface area contributed by atoms with Crippen LogP contribution in [0.4, 0.5) is 13.2 Å². The van der Waals surface area contributed by atoms with Crippen molar-refractivity contribution in [3.63, 3.8) is 0 Å². The van der Waals surface area contributed by atoms with Crippen molar-refractivity contribution < 1.29 is 28.5 Å². The molecule has 0 unspecified atom stereocenters. The van der Waals surface area contributed by atoms with Gasteiger partial charge in [0.25, 0.3) is 0 Å². The monoisotopic (exact) mass is 208 g/mol. The van der Waals surface area contributed by atoms with E-state index < -0.39 is 29.8 Å². The first kappa shape index (κ1) is 10.6. The molecule has 0 aliphatic rings. The molecule has 0 radical (unpaired) electrons. The topological polar surface area (TPSA) is 60.7 Å². The van der Waals surface area contributed by atoms with Crippen molar-refractivity contribution in [1.82, 2.24) is 0 Å². The molecule has 1 aromatic carbocycles. The second kappa shape index (κ2) is 3.38. The average Bonchev–Trinajstić information content (AvgIpc) is 2.07. The molecule has 0 aliphatic carbocycles. The minimum Gasteiger partial charge on any atom is -0.504 e. The lowest BCUT2D eigenvalue weighted by molar-refractivity contribution is -0.138. The fourth-order valence-electron chi connectivity index (χ4n) is 0.978. The van der Waals surface area contributed by atoms with Crippen LogP contribution in [-0.4, -0.2) is 15.3 Å². The summed E-state index contributed by atoms with van der Waals surface area (Å²) in [5, 5.41) is 26.6. The Morgan fingerprint density at radius 3 is 2.07 bits per heavy atom. The predicted molar refractivity (Wildman–Crippen MR) is 40.7 cm³/mol. The van der Waals surface area contributed by atoms with Gasteiger partial charge in [0, 0.05) is 5.56 Å². The summed E-state index contributed by atoms with van der Waals surface area (Å²) in [5.74, 6) is -2.20. The Morgan fingerprint density at radius 2 is 1.64 bits per heavy atom. The van der Waals surface area contributed by atoms with Crippen LogP contribution in [0.3, 0.4) is 0 Å². The molecule has 1 aromatic rings. The number of hydrogen-bond acceptors (Lipinski definition) is 3. The number of aliphatic hydroxyl groups excluding tert-OH is 1. The summed E-state index contributed by atoms with van der Waals surface area (Å²) >= 11 is 0. The lowest BCUT2D eigenvalue weighted by atomic mass is 10.1. The van der Waals surface area contributed by atoms with Crippen LogP contribution in [0.1, 0.15) is 11.1 Å². The van der Waals surface area contributed by atoms with Crippen LogP contribution >= 0.6 is 0 Å². The van der Waals surface area contributed by atoms with Gasteiger partial charge in [0.05, 0.1) is 6.61 Å². The third kappa shape index (κ3) is 1.74. The van der Waals surface area contributed by atoms with Crippen molar-refractivity contribution in [1.29, 1.82) is 0 Å². The molecule has 6 heteroatoms. The van der Waals surface area contributed by atoms with Gasteiger partial charge in [-0.2, -0.15) is 13.2 Å². The number of aromatic hydroxyl groups is 2. The van der Waals surface area contributed by atoms with E-state index in [9.17, 15) is 13.2 Å². The van der Waals surface area contributed by atoms with E-state index in [1.54, 1.807) is 0 Å². The average molecular weight is 208 g/mol. The van der Waals surface area contributed by atoms with Crippen LogP contribution in [0.25, 0.3) is 0 Å². The summed E-state index contributed by atoms with van der Waals surface area (Å²) in [5.41, 5.74) is -1.48. The number of benzene rings is 1. The Balaban J connectivity index is 3.31. The number of rotatable bonds is 1. The van der Waals surface area contributed by atoms with E-state index in [1.165, 1.54) is 0 Å². The quantitative estimate of drug-likeness (QED) is 0.614. The molecule has 14 heavy (non-hydrogen) atoms. The van der Waals surface area contributed by atoms with Crippen molar-refractivity contribution in [2.24, 2.45) is 0 Å². The fourth-order valence-corrected chi connectivity index (χ4v) is 0.978. The molecule has 78 valence electrons. The zero-order valence-corrected chi connectivity index (χ0v) is 6.84. The van der Waals surface area contributed by atoms with Crippen LogP contribution in [-0.2, 0) is 12.8 Å². The smallest absolute Gasteiger partial charge is 0.420 e. The molecule has 0 saturated heterocycles. The SMILES string of the molecule is OCc1ccc(C(F)(F)F)c(O)c1O. The van der Waals surface area contributed by atoms with Gasteiger partial charge < -0.3 is 15.3 Å². The minimum atomic E-state index is -4.73. The number of hydrogen-bond donors (Lipinski definition) is 3. The van der Waals surface area contributed by atoms with Gasteiger partial charge in [0.15, 0.2) is 11.5 Å². The summed E-state index contributed by atoms with van der Waals surface area (Å²) in [6, 6.07) is 1.50. The largest absolute Gasteiger partial charge is 0.504 e. The summed E-state index contributed by atoms with van der Waals surface area (Å²) in [7, 11) is 0. The van der Waals surface area contributed by atoms with Crippen LogP contribution in [0.15, 0.2) is 12.1 Å². The maximum Gasteiger partial charge on any atom is 0.420 e. The minimum absolute atomic E-state index is 0.157. The highest BCUT2D eigenvalue weighted by Crippen LogP contribution is 2.41. The third-order valence-electron chi connectivity index (χ3n) is 1.71. The maximum absolute atomic E-state index is 12.1. The van der Waals surface area contributed by atoms with E-state index in [-0.39, 0.29) is 5.56 Å². The number of aliphatic hydroxyl groups is 1. The Kier molecular flexibility index (Phi) is 2.57. The zero-order chi connectivity index (χ0) is 10.9. The Morgan fingerprint density at radius 1 is 1.07 bits per heavy atom. The van der Waals surface area contributed by atoms with Crippen LogP contribution in [0.2, 0.25) is 0 Å². The molecule has 0 spiro atoms. The second-order valence-corrected chi connectivity index (χ2v) is 2.63. The molecule has 0 aliphatic heterocycles. The van der Waals surface area contributed by atoms with Gasteiger partial charge in [0.1, 0.15) is 5.56 Å². The molecule has 0 bridgehead atoms. The van der Waals surface area contributed by atoms with Gasteiger partial charge in [-0.15, -0.1) is 0 Å². The Bertz CT molecular complexity index is 346. The summed E-state index contributed by atoms with van der Waals surface area (Å²) in [4.78, 5) is 0. The number of phenols is 2. The number of phenolic OH excluding ortho intramolecular Hbond substituents is 1. The lowest BCUT2D eigenvalue weighted by Crippen LogP contribution is -2.05. The van der Waals surface area contributed by atoms with Crippen LogP contribution < -0.4 is 0 Å². The predicted octanol–water partition coefficient (Wildman–Crippen LogP) is 1.61. The van der Waals surface area contributed by atoms with Crippen molar-refractivity contribution in [2.75, 3.05) is 0 Å².